The van der Waals surface area contributed by atoms with Crippen LogP contribution in [0.5, 0.6) is 0 Å². The van der Waals surface area contributed by atoms with E-state index < -0.39 is 0 Å². The Bertz CT molecular complexity index is 519. The minimum atomic E-state index is 0.0515. The van der Waals surface area contributed by atoms with Gasteiger partial charge in [0, 0.05) is 16.2 Å². The van der Waals surface area contributed by atoms with Crippen LogP contribution >= 0.6 is 15.9 Å². The summed E-state index contributed by atoms with van der Waals surface area (Å²) < 4.78 is 2.47. The molecule has 2 aromatic rings. The number of halogens is 1. The predicted molar refractivity (Wildman–Crippen MR) is 65.4 cm³/mol. The van der Waals surface area contributed by atoms with E-state index in [-0.39, 0.29) is 12.3 Å². The number of hydrogen-bond acceptors (Lipinski definition) is 2. The van der Waals surface area contributed by atoms with Gasteiger partial charge in [0.15, 0.2) is 5.78 Å². The second-order valence-electron chi connectivity index (χ2n) is 3.56. The maximum Gasteiger partial charge on any atom is 0.185 e. The van der Waals surface area contributed by atoms with E-state index in [0.717, 1.165) is 10.2 Å². The van der Waals surface area contributed by atoms with Crippen molar-refractivity contribution in [2.75, 3.05) is 0 Å². The van der Waals surface area contributed by atoms with Crippen molar-refractivity contribution in [2.24, 2.45) is 0 Å². The molecule has 0 atom stereocenters. The summed E-state index contributed by atoms with van der Waals surface area (Å²) in [4.78, 5) is 12.0. The van der Waals surface area contributed by atoms with E-state index in [9.17, 15) is 4.79 Å². The Balaban J connectivity index is 2.18. The molecule has 1 aromatic heterocycles. The molecule has 2 rings (SSSR count). The molecular weight excluding hydrogens is 268 g/mol. The molecule has 16 heavy (non-hydrogen) atoms. The highest BCUT2D eigenvalue weighted by Gasteiger charge is 2.10. The highest BCUT2D eigenvalue weighted by Crippen LogP contribution is 2.16. The molecule has 4 heteroatoms. The smallest absolute Gasteiger partial charge is 0.185 e. The molecule has 0 unspecified atom stereocenters. The van der Waals surface area contributed by atoms with Crippen LogP contribution in [0, 0.1) is 6.92 Å². The first kappa shape index (κ1) is 11.1. The number of carbonyl (C=O) groups excluding carboxylic acids is 1. The van der Waals surface area contributed by atoms with Gasteiger partial charge in [-0.1, -0.05) is 34.1 Å². The molecule has 82 valence electrons. The SMILES string of the molecule is Cc1ccn(CC(=O)c2ccccc2Br)n1. The van der Waals surface area contributed by atoms with Gasteiger partial charge in [-0.2, -0.15) is 5.10 Å². The van der Waals surface area contributed by atoms with Gasteiger partial charge < -0.3 is 0 Å². The number of aromatic nitrogens is 2. The van der Waals surface area contributed by atoms with Crippen LogP contribution in [-0.2, 0) is 6.54 Å². The lowest BCUT2D eigenvalue weighted by Gasteiger charge is -2.03. The first-order chi connectivity index (χ1) is 7.66. The molecule has 0 saturated heterocycles. The third kappa shape index (κ3) is 2.39. The van der Waals surface area contributed by atoms with Crippen molar-refractivity contribution >= 4 is 21.7 Å². The Morgan fingerprint density at radius 2 is 2.12 bits per heavy atom. The Morgan fingerprint density at radius 3 is 2.75 bits per heavy atom. The number of ketones is 1. The minimum absolute atomic E-state index is 0.0515. The van der Waals surface area contributed by atoms with Gasteiger partial charge in [-0.25, -0.2) is 0 Å². The molecule has 1 aromatic carbocycles. The Labute approximate surface area is 102 Å². The third-order valence-corrected chi connectivity index (χ3v) is 2.95. The number of aryl methyl sites for hydroxylation is 1. The minimum Gasteiger partial charge on any atom is -0.292 e. The molecular formula is C12H11BrN2O. The normalized spacial score (nSPS) is 10.4. The van der Waals surface area contributed by atoms with E-state index in [2.05, 4.69) is 21.0 Å². The van der Waals surface area contributed by atoms with Crippen LogP contribution in [0.1, 0.15) is 16.1 Å². The van der Waals surface area contributed by atoms with Crippen molar-refractivity contribution < 1.29 is 4.79 Å². The predicted octanol–water partition coefficient (Wildman–Crippen LogP) is 2.84. The van der Waals surface area contributed by atoms with Crippen molar-refractivity contribution in [3.63, 3.8) is 0 Å². The van der Waals surface area contributed by atoms with Gasteiger partial charge in [-0.05, 0) is 19.1 Å². The molecule has 0 N–H and O–H groups in total. The standard InChI is InChI=1S/C12H11BrN2O/c1-9-6-7-15(14-9)8-12(16)10-4-2-3-5-11(10)13/h2-7H,8H2,1H3. The van der Waals surface area contributed by atoms with Crippen LogP contribution in [0.3, 0.4) is 0 Å². The highest BCUT2D eigenvalue weighted by atomic mass is 79.9. The molecule has 3 nitrogen and oxygen atoms in total. The lowest BCUT2D eigenvalue weighted by atomic mass is 10.1. The molecule has 0 spiro atoms. The molecule has 1 heterocycles. The van der Waals surface area contributed by atoms with Crippen molar-refractivity contribution in [2.45, 2.75) is 13.5 Å². The zero-order valence-corrected chi connectivity index (χ0v) is 10.4. The number of carbonyl (C=O) groups is 1. The summed E-state index contributed by atoms with van der Waals surface area (Å²) >= 11 is 3.36. The molecule has 0 aliphatic rings. The van der Waals surface area contributed by atoms with E-state index in [0.29, 0.717) is 5.56 Å². The van der Waals surface area contributed by atoms with Crippen molar-refractivity contribution in [3.8, 4) is 0 Å². The van der Waals surface area contributed by atoms with Gasteiger partial charge >= 0.3 is 0 Å². The van der Waals surface area contributed by atoms with Crippen molar-refractivity contribution in [1.29, 1.82) is 0 Å². The summed E-state index contributed by atoms with van der Waals surface area (Å²) in [5, 5.41) is 4.19. The number of benzene rings is 1. The fourth-order valence-corrected chi connectivity index (χ4v) is 1.98. The molecule has 0 saturated carbocycles. The second-order valence-corrected chi connectivity index (χ2v) is 4.41. The van der Waals surface area contributed by atoms with Gasteiger partial charge in [-0.3, -0.25) is 9.48 Å². The summed E-state index contributed by atoms with van der Waals surface area (Å²) in [5.74, 6) is 0.0515. The van der Waals surface area contributed by atoms with Crippen LogP contribution in [0.25, 0.3) is 0 Å². The average molecular weight is 279 g/mol. The van der Waals surface area contributed by atoms with Crippen LogP contribution in [-0.4, -0.2) is 15.6 Å². The summed E-state index contributed by atoms with van der Waals surface area (Å²) in [5.41, 5.74) is 1.61. The topological polar surface area (TPSA) is 34.9 Å². The molecule has 0 bridgehead atoms. The summed E-state index contributed by atoms with van der Waals surface area (Å²) in [6, 6.07) is 9.29. The van der Waals surface area contributed by atoms with E-state index in [4.69, 9.17) is 0 Å². The fraction of sp³-hybridized carbons (Fsp3) is 0.167. The van der Waals surface area contributed by atoms with E-state index in [1.165, 1.54) is 0 Å². The largest absolute Gasteiger partial charge is 0.292 e. The van der Waals surface area contributed by atoms with Crippen LogP contribution < -0.4 is 0 Å². The van der Waals surface area contributed by atoms with Crippen LogP contribution in [0.4, 0.5) is 0 Å². The van der Waals surface area contributed by atoms with Gasteiger partial charge in [0.2, 0.25) is 0 Å². The summed E-state index contributed by atoms with van der Waals surface area (Å²) in [6.07, 6.45) is 1.81. The third-order valence-electron chi connectivity index (χ3n) is 2.25. The zero-order valence-electron chi connectivity index (χ0n) is 8.85. The van der Waals surface area contributed by atoms with Crippen molar-refractivity contribution in [3.05, 3.63) is 52.3 Å². The number of Topliss-reactive ketones (excluding diaryl/α,β-unsaturated/α-hetero) is 1. The number of hydrogen-bond donors (Lipinski definition) is 0. The number of nitrogens with zero attached hydrogens (tertiary/aromatic N) is 2. The zero-order chi connectivity index (χ0) is 11.5. The van der Waals surface area contributed by atoms with Crippen LogP contribution in [0.15, 0.2) is 41.0 Å². The maximum absolute atomic E-state index is 12.0. The monoisotopic (exact) mass is 278 g/mol. The highest BCUT2D eigenvalue weighted by molar-refractivity contribution is 9.10. The fourth-order valence-electron chi connectivity index (χ4n) is 1.47. The summed E-state index contributed by atoms with van der Waals surface area (Å²) in [7, 11) is 0. The van der Waals surface area contributed by atoms with Crippen LogP contribution in [0.2, 0.25) is 0 Å². The van der Waals surface area contributed by atoms with E-state index in [1.54, 1.807) is 4.68 Å². The van der Waals surface area contributed by atoms with Gasteiger partial charge in [0.1, 0.15) is 6.54 Å². The van der Waals surface area contributed by atoms with Crippen molar-refractivity contribution in [1.82, 2.24) is 9.78 Å². The van der Waals surface area contributed by atoms with Gasteiger partial charge in [-0.15, -0.1) is 0 Å². The molecule has 0 radical (unpaired) electrons. The molecule has 0 amide bonds. The first-order valence-electron chi connectivity index (χ1n) is 4.94. The van der Waals surface area contributed by atoms with E-state index in [1.807, 2.05) is 43.5 Å². The Morgan fingerprint density at radius 1 is 1.38 bits per heavy atom. The lowest BCUT2D eigenvalue weighted by molar-refractivity contribution is 0.0967. The maximum atomic E-state index is 12.0. The Hall–Kier alpha value is -1.42. The molecule has 0 aliphatic heterocycles. The van der Waals surface area contributed by atoms with Gasteiger partial charge in [0.05, 0.1) is 5.69 Å². The molecule has 0 fully saturated rings. The summed E-state index contributed by atoms with van der Waals surface area (Å²) in [6.45, 7) is 2.18. The molecule has 0 aliphatic carbocycles. The Kier molecular flexibility index (Phi) is 3.19. The number of rotatable bonds is 3. The quantitative estimate of drug-likeness (QED) is 0.810. The average Bonchev–Trinajstić information content (AvgIpc) is 2.64. The second kappa shape index (κ2) is 4.61. The lowest BCUT2D eigenvalue weighted by Crippen LogP contribution is -2.11. The van der Waals surface area contributed by atoms with Gasteiger partial charge in [0.25, 0.3) is 0 Å². The van der Waals surface area contributed by atoms with E-state index >= 15 is 0 Å². The first-order valence-corrected chi connectivity index (χ1v) is 5.74.